The minimum absolute atomic E-state index is 0.0243. The van der Waals surface area contributed by atoms with E-state index < -0.39 is 0 Å². The molecular weight excluding hydrogens is 475 g/mol. The third-order valence-corrected chi connectivity index (χ3v) is 8.87. The summed E-state index contributed by atoms with van der Waals surface area (Å²) in [7, 11) is 0. The molecule has 3 rings (SSSR count). The Morgan fingerprint density at radius 1 is 0.550 bits per heavy atom. The summed E-state index contributed by atoms with van der Waals surface area (Å²) in [4.78, 5) is 5.26. The van der Waals surface area contributed by atoms with Gasteiger partial charge in [0.2, 0.25) is 0 Å². The molecule has 2 aromatic carbocycles. The Kier molecular flexibility index (Phi) is 5.51. The molecule has 0 spiro atoms. The Morgan fingerprint density at radius 2 is 0.900 bits per heavy atom. The molecule has 2 aromatic rings. The number of nitrogens with zero attached hydrogens (tertiary/aromatic N) is 2. The number of rotatable bonds is 2. The summed E-state index contributed by atoms with van der Waals surface area (Å²) in [5.74, 6) is 0. The van der Waals surface area contributed by atoms with Crippen LogP contribution in [-0.2, 0) is 0 Å². The van der Waals surface area contributed by atoms with Crippen molar-refractivity contribution in [2.45, 2.75) is 0 Å². The van der Waals surface area contributed by atoms with Gasteiger partial charge in [-0.3, -0.25) is 0 Å². The first kappa shape index (κ1) is 14.6. The van der Waals surface area contributed by atoms with E-state index in [2.05, 4.69) is 70.5 Å². The van der Waals surface area contributed by atoms with Gasteiger partial charge in [-0.2, -0.15) is 0 Å². The van der Waals surface area contributed by atoms with Crippen LogP contribution in [-0.4, -0.2) is 60.2 Å². The van der Waals surface area contributed by atoms with Gasteiger partial charge >= 0.3 is 142 Å². The van der Waals surface area contributed by atoms with Crippen LogP contribution in [0.15, 0.2) is 60.7 Å². The Morgan fingerprint density at radius 3 is 1.25 bits per heavy atom. The molecule has 4 heteroatoms. The molecule has 0 bridgehead atoms. The molecule has 0 radical (unpaired) electrons. The summed E-state index contributed by atoms with van der Waals surface area (Å²) >= 11 is 0.0487. The predicted molar refractivity (Wildman–Crippen MR) is 88.8 cm³/mol. The van der Waals surface area contributed by atoms with Crippen LogP contribution in [0, 0.1) is 0 Å². The summed E-state index contributed by atoms with van der Waals surface area (Å²) in [6.07, 6.45) is 0. The number of hydrogen-bond donors (Lipinski definition) is 0. The Balaban J connectivity index is 1.62. The monoisotopic (exact) mass is 498 g/mol. The van der Waals surface area contributed by atoms with Crippen LogP contribution < -0.4 is 9.80 Å². The van der Waals surface area contributed by atoms with Crippen molar-refractivity contribution in [2.75, 3.05) is 28.2 Å². The molecule has 0 aromatic heterocycles. The normalized spacial score (nSPS) is 16.6. The van der Waals surface area contributed by atoms with E-state index in [1.807, 2.05) is 0 Å². The van der Waals surface area contributed by atoms with Gasteiger partial charge in [-0.25, -0.2) is 0 Å². The van der Waals surface area contributed by atoms with Crippen molar-refractivity contribution in [1.29, 1.82) is 0 Å². The SMILES string of the molecule is c1ccc(N2C[Te]CN(c3ccccc3)C[Te]C2)cc1. The first-order valence-corrected chi connectivity index (χ1v) is 13.3. The maximum atomic E-state index is 2.63. The average Bonchev–Trinajstić information content (AvgIpc) is 2.49. The zero-order chi connectivity index (χ0) is 13.6. The van der Waals surface area contributed by atoms with Gasteiger partial charge < -0.3 is 0 Å². The number of benzene rings is 2. The van der Waals surface area contributed by atoms with E-state index in [-0.39, 0.29) is 41.8 Å². The second-order valence-corrected chi connectivity index (χ2v) is 9.95. The van der Waals surface area contributed by atoms with Crippen LogP contribution in [0.5, 0.6) is 0 Å². The number of hydrogen-bond acceptors (Lipinski definition) is 2. The van der Waals surface area contributed by atoms with Crippen molar-refractivity contribution in [2.24, 2.45) is 0 Å². The molecule has 0 N–H and O–H groups in total. The fourth-order valence-corrected chi connectivity index (χ4v) is 10.1. The molecule has 1 fully saturated rings. The average molecular weight is 494 g/mol. The molecule has 104 valence electrons. The van der Waals surface area contributed by atoms with Crippen molar-refractivity contribution < 1.29 is 0 Å². The topological polar surface area (TPSA) is 6.48 Å². The Bertz CT molecular complexity index is 461. The Labute approximate surface area is 141 Å². The van der Waals surface area contributed by atoms with Crippen molar-refractivity contribution >= 4 is 53.2 Å². The van der Waals surface area contributed by atoms with Gasteiger partial charge in [0.05, 0.1) is 0 Å². The van der Waals surface area contributed by atoms with E-state index in [0.717, 1.165) is 0 Å². The molecule has 1 saturated heterocycles. The second kappa shape index (κ2) is 7.58. The van der Waals surface area contributed by atoms with Crippen molar-refractivity contribution in [3.63, 3.8) is 0 Å². The molecule has 0 unspecified atom stereocenters. The Hall–Kier alpha value is -0.381. The van der Waals surface area contributed by atoms with Crippen LogP contribution in [0.4, 0.5) is 11.4 Å². The van der Waals surface area contributed by atoms with Crippen LogP contribution in [0.2, 0.25) is 0 Å². The van der Waals surface area contributed by atoms with Gasteiger partial charge in [0.1, 0.15) is 0 Å². The van der Waals surface area contributed by atoms with E-state index in [9.17, 15) is 0 Å². The zero-order valence-electron chi connectivity index (χ0n) is 11.3. The summed E-state index contributed by atoms with van der Waals surface area (Å²) < 4.78 is 5.23. The molecule has 0 saturated carbocycles. The van der Waals surface area contributed by atoms with Gasteiger partial charge in [-0.15, -0.1) is 0 Å². The van der Waals surface area contributed by atoms with Crippen molar-refractivity contribution in [1.82, 2.24) is 0 Å². The van der Waals surface area contributed by atoms with Gasteiger partial charge in [-0.05, 0) is 0 Å². The predicted octanol–water partition coefficient (Wildman–Crippen LogP) is 2.25. The van der Waals surface area contributed by atoms with E-state index >= 15 is 0 Å². The third kappa shape index (κ3) is 3.84. The van der Waals surface area contributed by atoms with Crippen LogP contribution in [0.25, 0.3) is 0 Å². The minimum atomic E-state index is 0.0243. The molecule has 0 atom stereocenters. The van der Waals surface area contributed by atoms with Gasteiger partial charge in [0, 0.05) is 0 Å². The van der Waals surface area contributed by atoms with E-state index in [1.54, 1.807) is 0 Å². The fraction of sp³-hybridized carbons (Fsp3) is 0.250. The number of para-hydroxylation sites is 2. The fourth-order valence-electron chi connectivity index (χ4n) is 2.17. The molecule has 1 aliphatic heterocycles. The number of anilines is 2. The molecule has 1 aliphatic rings. The first-order chi connectivity index (χ1) is 9.93. The van der Waals surface area contributed by atoms with Crippen LogP contribution in [0.1, 0.15) is 0 Å². The quantitative estimate of drug-likeness (QED) is 0.593. The maximum absolute atomic E-state index is 2.63. The summed E-state index contributed by atoms with van der Waals surface area (Å²) in [5, 5.41) is 0. The molecule has 0 aliphatic carbocycles. The summed E-state index contributed by atoms with van der Waals surface area (Å²) in [6.45, 7) is 0. The zero-order valence-corrected chi connectivity index (χ0v) is 16.0. The van der Waals surface area contributed by atoms with Gasteiger partial charge in [0.25, 0.3) is 0 Å². The first-order valence-electron chi connectivity index (χ1n) is 6.69. The van der Waals surface area contributed by atoms with Crippen molar-refractivity contribution in [3.05, 3.63) is 60.7 Å². The molecule has 2 nitrogen and oxygen atoms in total. The van der Waals surface area contributed by atoms with Crippen molar-refractivity contribution in [3.8, 4) is 0 Å². The molecular formula is C16H18N2Te2. The van der Waals surface area contributed by atoms with Gasteiger partial charge in [-0.1, -0.05) is 0 Å². The molecule has 1 heterocycles. The van der Waals surface area contributed by atoms with E-state index in [0.29, 0.717) is 0 Å². The van der Waals surface area contributed by atoms with E-state index in [1.165, 1.54) is 29.7 Å². The molecule has 20 heavy (non-hydrogen) atoms. The van der Waals surface area contributed by atoms with E-state index in [4.69, 9.17) is 0 Å². The standard InChI is InChI=1S/C16H18N2Te2/c1-3-7-15(8-4-1)17-11-19-13-18(14-20-12-17)16-9-5-2-6-10-16/h1-10H,11-14H2. The molecule has 0 amide bonds. The van der Waals surface area contributed by atoms with Gasteiger partial charge in [0.15, 0.2) is 0 Å². The second-order valence-electron chi connectivity index (χ2n) is 4.68. The third-order valence-electron chi connectivity index (χ3n) is 3.23. The summed E-state index contributed by atoms with van der Waals surface area (Å²) in [6, 6.07) is 21.9. The van der Waals surface area contributed by atoms with Crippen LogP contribution >= 0.6 is 0 Å². The van der Waals surface area contributed by atoms with Crippen LogP contribution in [0.3, 0.4) is 0 Å². The summed E-state index contributed by atoms with van der Waals surface area (Å²) in [5.41, 5.74) is 2.85.